The fourth-order valence-corrected chi connectivity index (χ4v) is 2.00. The predicted octanol–water partition coefficient (Wildman–Crippen LogP) is 3.03. The van der Waals surface area contributed by atoms with Gasteiger partial charge in [-0.1, -0.05) is 48.8 Å². The summed E-state index contributed by atoms with van der Waals surface area (Å²) in [6.07, 6.45) is 0.594. The number of nitrogens with zero attached hydrogens (tertiary/aromatic N) is 2. The summed E-state index contributed by atoms with van der Waals surface area (Å²) in [5.41, 5.74) is 1.01. The van der Waals surface area contributed by atoms with Gasteiger partial charge in [-0.05, 0) is 18.2 Å². The van der Waals surface area contributed by atoms with E-state index in [1.54, 1.807) is 0 Å². The number of halogens is 1. The van der Waals surface area contributed by atoms with Crippen molar-refractivity contribution in [2.24, 2.45) is 0 Å². The molecule has 0 fully saturated rings. The zero-order valence-electron chi connectivity index (χ0n) is 11.2. The van der Waals surface area contributed by atoms with Crippen LogP contribution in [-0.4, -0.2) is 23.2 Å². The molecule has 1 aromatic carbocycles. The first-order chi connectivity index (χ1) is 9.20. The molecule has 0 aliphatic carbocycles. The Morgan fingerprint density at radius 3 is 2.89 bits per heavy atom. The molecular weight excluding hydrogens is 262 g/mol. The van der Waals surface area contributed by atoms with Crippen molar-refractivity contribution in [1.82, 2.24) is 15.5 Å². The molecule has 5 heteroatoms. The molecule has 102 valence electrons. The van der Waals surface area contributed by atoms with Gasteiger partial charge in [-0.2, -0.15) is 4.98 Å². The number of hydrogen-bond acceptors (Lipinski definition) is 4. The third-order valence-corrected chi connectivity index (χ3v) is 3.28. The molecule has 2 rings (SSSR count). The second-order valence-corrected chi connectivity index (χ2v) is 4.93. The molecule has 1 aromatic heterocycles. The second kappa shape index (κ2) is 6.68. The van der Waals surface area contributed by atoms with Crippen molar-refractivity contribution >= 4 is 11.6 Å². The van der Waals surface area contributed by atoms with Gasteiger partial charge in [0.15, 0.2) is 5.82 Å². The van der Waals surface area contributed by atoms with Crippen molar-refractivity contribution in [3.63, 3.8) is 0 Å². The molecular formula is C14H18ClN3O. The Balaban J connectivity index is 2.03. The Hall–Kier alpha value is -1.39. The SMILES string of the molecule is CCNCC(C)c1nc(Cc2ccccc2Cl)no1. The smallest absolute Gasteiger partial charge is 0.230 e. The van der Waals surface area contributed by atoms with E-state index in [0.717, 1.165) is 23.7 Å². The van der Waals surface area contributed by atoms with Gasteiger partial charge in [0.05, 0.1) is 0 Å². The molecule has 0 radical (unpaired) electrons. The van der Waals surface area contributed by atoms with Gasteiger partial charge in [-0.25, -0.2) is 0 Å². The summed E-state index contributed by atoms with van der Waals surface area (Å²) >= 11 is 6.12. The monoisotopic (exact) mass is 279 g/mol. The molecule has 19 heavy (non-hydrogen) atoms. The highest BCUT2D eigenvalue weighted by atomic mass is 35.5. The lowest BCUT2D eigenvalue weighted by atomic mass is 10.1. The Labute approximate surface area is 118 Å². The number of likely N-dealkylation sites (N-methyl/N-ethyl adjacent to an activating group) is 1. The van der Waals surface area contributed by atoms with Crippen LogP contribution in [0.2, 0.25) is 5.02 Å². The lowest BCUT2D eigenvalue weighted by Gasteiger charge is -2.05. The highest BCUT2D eigenvalue weighted by molar-refractivity contribution is 6.31. The van der Waals surface area contributed by atoms with Gasteiger partial charge >= 0.3 is 0 Å². The van der Waals surface area contributed by atoms with E-state index in [4.69, 9.17) is 16.1 Å². The quantitative estimate of drug-likeness (QED) is 0.883. The maximum atomic E-state index is 6.12. The van der Waals surface area contributed by atoms with E-state index in [0.29, 0.717) is 18.1 Å². The van der Waals surface area contributed by atoms with Crippen LogP contribution >= 0.6 is 11.6 Å². The van der Waals surface area contributed by atoms with Gasteiger partial charge in [0.1, 0.15) is 0 Å². The van der Waals surface area contributed by atoms with Crippen molar-refractivity contribution in [3.8, 4) is 0 Å². The van der Waals surface area contributed by atoms with Crippen LogP contribution in [-0.2, 0) is 6.42 Å². The summed E-state index contributed by atoms with van der Waals surface area (Å²) in [7, 11) is 0. The van der Waals surface area contributed by atoms with Crippen molar-refractivity contribution in [2.45, 2.75) is 26.2 Å². The maximum Gasteiger partial charge on any atom is 0.230 e. The zero-order valence-corrected chi connectivity index (χ0v) is 11.9. The van der Waals surface area contributed by atoms with Crippen LogP contribution < -0.4 is 5.32 Å². The minimum absolute atomic E-state index is 0.215. The summed E-state index contributed by atoms with van der Waals surface area (Å²) in [5, 5.41) is 8.01. The topological polar surface area (TPSA) is 51.0 Å². The first-order valence-corrected chi connectivity index (χ1v) is 6.85. The molecule has 0 spiro atoms. The third-order valence-electron chi connectivity index (χ3n) is 2.91. The van der Waals surface area contributed by atoms with Crippen molar-refractivity contribution < 1.29 is 4.52 Å². The number of benzene rings is 1. The average molecular weight is 280 g/mol. The molecule has 0 bridgehead atoms. The van der Waals surface area contributed by atoms with Gasteiger partial charge in [0, 0.05) is 23.9 Å². The van der Waals surface area contributed by atoms with Crippen molar-refractivity contribution in [3.05, 3.63) is 46.6 Å². The fourth-order valence-electron chi connectivity index (χ4n) is 1.80. The van der Waals surface area contributed by atoms with E-state index >= 15 is 0 Å². The number of rotatable bonds is 6. The number of nitrogens with one attached hydrogen (secondary N) is 1. The summed E-state index contributed by atoms with van der Waals surface area (Å²) < 4.78 is 5.29. The number of hydrogen-bond donors (Lipinski definition) is 1. The summed E-state index contributed by atoms with van der Waals surface area (Å²) in [5.74, 6) is 1.56. The standard InChI is InChI=1S/C14H18ClN3O/c1-3-16-9-10(2)14-17-13(18-19-14)8-11-6-4-5-7-12(11)15/h4-7,10,16H,3,8-9H2,1-2H3. The lowest BCUT2D eigenvalue weighted by Crippen LogP contribution is -2.19. The highest BCUT2D eigenvalue weighted by Crippen LogP contribution is 2.19. The third kappa shape index (κ3) is 3.78. The number of aromatic nitrogens is 2. The van der Waals surface area contributed by atoms with E-state index in [2.05, 4.69) is 29.3 Å². The van der Waals surface area contributed by atoms with E-state index in [-0.39, 0.29) is 5.92 Å². The molecule has 0 amide bonds. The Morgan fingerprint density at radius 2 is 2.16 bits per heavy atom. The summed E-state index contributed by atoms with van der Waals surface area (Å²) in [6, 6.07) is 7.70. The van der Waals surface area contributed by atoms with Crippen molar-refractivity contribution in [1.29, 1.82) is 0 Å². The lowest BCUT2D eigenvalue weighted by molar-refractivity contribution is 0.352. The van der Waals surface area contributed by atoms with Crippen LogP contribution in [0.4, 0.5) is 0 Å². The Morgan fingerprint density at radius 1 is 1.37 bits per heavy atom. The van der Waals surface area contributed by atoms with Crippen LogP contribution in [0.15, 0.2) is 28.8 Å². The predicted molar refractivity (Wildman–Crippen MR) is 75.5 cm³/mol. The molecule has 1 heterocycles. The van der Waals surface area contributed by atoms with Crippen LogP contribution in [0, 0.1) is 0 Å². The minimum atomic E-state index is 0.215. The largest absolute Gasteiger partial charge is 0.339 e. The first kappa shape index (κ1) is 14.0. The average Bonchev–Trinajstić information content (AvgIpc) is 2.87. The second-order valence-electron chi connectivity index (χ2n) is 4.53. The molecule has 1 unspecified atom stereocenters. The van der Waals surface area contributed by atoms with E-state index < -0.39 is 0 Å². The van der Waals surface area contributed by atoms with E-state index in [9.17, 15) is 0 Å². The minimum Gasteiger partial charge on any atom is -0.339 e. The Bertz CT molecular complexity index is 527. The molecule has 4 nitrogen and oxygen atoms in total. The van der Waals surface area contributed by atoms with Crippen LogP contribution in [0.1, 0.15) is 37.0 Å². The van der Waals surface area contributed by atoms with E-state index in [1.807, 2.05) is 24.3 Å². The molecule has 0 saturated carbocycles. The molecule has 0 aliphatic heterocycles. The highest BCUT2D eigenvalue weighted by Gasteiger charge is 2.14. The van der Waals surface area contributed by atoms with E-state index in [1.165, 1.54) is 0 Å². The molecule has 0 saturated heterocycles. The van der Waals surface area contributed by atoms with Crippen molar-refractivity contribution in [2.75, 3.05) is 13.1 Å². The normalized spacial score (nSPS) is 12.6. The van der Waals surface area contributed by atoms with Gasteiger partial charge in [-0.15, -0.1) is 0 Å². The van der Waals surface area contributed by atoms with Crippen LogP contribution in [0.5, 0.6) is 0 Å². The molecule has 2 aromatic rings. The zero-order chi connectivity index (χ0) is 13.7. The summed E-state index contributed by atoms with van der Waals surface area (Å²) in [4.78, 5) is 4.42. The van der Waals surface area contributed by atoms with Gasteiger partial charge in [0.2, 0.25) is 5.89 Å². The van der Waals surface area contributed by atoms with Gasteiger partial charge < -0.3 is 9.84 Å². The molecule has 1 N–H and O–H groups in total. The van der Waals surface area contributed by atoms with Gasteiger partial charge in [0.25, 0.3) is 0 Å². The fraction of sp³-hybridized carbons (Fsp3) is 0.429. The Kier molecular flexibility index (Phi) is 4.93. The van der Waals surface area contributed by atoms with Crippen LogP contribution in [0.25, 0.3) is 0 Å². The molecule has 1 atom stereocenters. The van der Waals surface area contributed by atoms with Gasteiger partial charge in [-0.3, -0.25) is 0 Å². The van der Waals surface area contributed by atoms with Crippen LogP contribution in [0.3, 0.4) is 0 Å². The summed E-state index contributed by atoms with van der Waals surface area (Å²) in [6.45, 7) is 5.91. The first-order valence-electron chi connectivity index (χ1n) is 6.47. The molecule has 0 aliphatic rings. The maximum absolute atomic E-state index is 6.12.